The van der Waals surface area contributed by atoms with Crippen LogP contribution in [0.3, 0.4) is 0 Å². The van der Waals surface area contributed by atoms with Gasteiger partial charge >= 0.3 is 6.03 Å². The molecule has 0 aromatic carbocycles. The topological polar surface area (TPSA) is 66.4 Å². The predicted octanol–water partition coefficient (Wildman–Crippen LogP) is 4.31. The van der Waals surface area contributed by atoms with Gasteiger partial charge in [0.15, 0.2) is 5.78 Å². The molecule has 1 atom stereocenters. The van der Waals surface area contributed by atoms with Crippen molar-refractivity contribution in [2.24, 2.45) is 5.92 Å². The SMILES string of the molecule is CC(C)[C@H]1CN(c2ccc(C3CC3)cn2)C(=O)N1CC(=O)Cc1cc(C2CC2)ccn1. The molecule has 2 aliphatic carbocycles. The lowest BCUT2D eigenvalue weighted by Gasteiger charge is -2.25. The quantitative estimate of drug-likeness (QED) is 0.641. The van der Waals surface area contributed by atoms with Crippen molar-refractivity contribution in [2.45, 2.75) is 63.8 Å². The summed E-state index contributed by atoms with van der Waals surface area (Å²) in [6, 6.07) is 8.00. The number of nitrogens with zero attached hydrogens (tertiary/aromatic N) is 4. The second-order valence-corrected chi connectivity index (χ2v) is 9.63. The molecular weight excluding hydrogens is 388 g/mol. The van der Waals surface area contributed by atoms with Gasteiger partial charge < -0.3 is 4.90 Å². The number of amides is 2. The molecule has 0 unspecified atom stereocenters. The number of rotatable bonds is 8. The Morgan fingerprint density at radius 2 is 1.81 bits per heavy atom. The predicted molar refractivity (Wildman–Crippen MR) is 119 cm³/mol. The van der Waals surface area contributed by atoms with E-state index in [2.05, 4.69) is 35.9 Å². The van der Waals surface area contributed by atoms with Gasteiger partial charge in [0, 0.05) is 24.6 Å². The highest BCUT2D eigenvalue weighted by Crippen LogP contribution is 2.40. The second-order valence-electron chi connectivity index (χ2n) is 9.63. The lowest BCUT2D eigenvalue weighted by molar-refractivity contribution is -0.119. The van der Waals surface area contributed by atoms with E-state index in [0.29, 0.717) is 24.2 Å². The van der Waals surface area contributed by atoms with Crippen molar-refractivity contribution < 1.29 is 9.59 Å². The molecule has 1 aliphatic heterocycles. The summed E-state index contributed by atoms with van der Waals surface area (Å²) >= 11 is 0. The Morgan fingerprint density at radius 1 is 1.06 bits per heavy atom. The van der Waals surface area contributed by atoms with E-state index in [0.717, 1.165) is 5.69 Å². The van der Waals surface area contributed by atoms with Gasteiger partial charge in [0.2, 0.25) is 0 Å². The van der Waals surface area contributed by atoms with Gasteiger partial charge in [-0.2, -0.15) is 0 Å². The van der Waals surface area contributed by atoms with Gasteiger partial charge in [-0.25, -0.2) is 9.78 Å². The highest BCUT2D eigenvalue weighted by atomic mass is 16.2. The molecule has 0 spiro atoms. The van der Waals surface area contributed by atoms with Gasteiger partial charge in [-0.15, -0.1) is 0 Å². The van der Waals surface area contributed by atoms with Gasteiger partial charge in [-0.1, -0.05) is 19.9 Å². The molecule has 0 N–H and O–H groups in total. The number of pyridine rings is 2. The lowest BCUT2D eigenvalue weighted by atomic mass is 10.0. The molecule has 2 saturated carbocycles. The van der Waals surface area contributed by atoms with Crippen molar-refractivity contribution in [3.8, 4) is 0 Å². The third-order valence-electron chi connectivity index (χ3n) is 6.73. The number of carbonyl (C=O) groups excluding carboxylic acids is 2. The summed E-state index contributed by atoms with van der Waals surface area (Å²) in [5.74, 6) is 2.23. The van der Waals surface area contributed by atoms with E-state index in [4.69, 9.17) is 0 Å². The largest absolute Gasteiger partial charge is 0.326 e. The van der Waals surface area contributed by atoms with E-state index in [-0.39, 0.29) is 36.7 Å². The van der Waals surface area contributed by atoms with Crippen molar-refractivity contribution in [3.05, 3.63) is 53.5 Å². The standard InChI is InChI=1S/C25H30N4O2/c1-16(2)23-15-29(24-8-7-20(13-27-24)18-5-6-18)25(31)28(23)14-22(30)12-21-11-19(9-10-26-21)17-3-4-17/h7-11,13,16-18,23H,3-6,12,14-15H2,1-2H3/t23-/m1/s1. The second kappa shape index (κ2) is 8.06. The van der Waals surface area contributed by atoms with Gasteiger partial charge in [0.05, 0.1) is 19.0 Å². The Labute approximate surface area is 183 Å². The molecule has 2 aromatic heterocycles. The fourth-order valence-electron chi connectivity index (χ4n) is 4.54. The van der Waals surface area contributed by atoms with Crippen LogP contribution in [-0.4, -0.2) is 45.8 Å². The summed E-state index contributed by atoms with van der Waals surface area (Å²) in [6.07, 6.45) is 8.87. The normalized spacial score (nSPS) is 21.3. The van der Waals surface area contributed by atoms with Crippen LogP contribution < -0.4 is 4.90 Å². The first-order valence-electron chi connectivity index (χ1n) is 11.5. The van der Waals surface area contributed by atoms with Gasteiger partial charge in [-0.05, 0) is 72.8 Å². The van der Waals surface area contributed by atoms with E-state index in [1.165, 1.54) is 36.8 Å². The summed E-state index contributed by atoms with van der Waals surface area (Å²) < 4.78 is 0. The lowest BCUT2D eigenvalue weighted by Crippen LogP contribution is -2.41. The highest BCUT2D eigenvalue weighted by Gasteiger charge is 2.41. The molecule has 6 nitrogen and oxygen atoms in total. The van der Waals surface area contributed by atoms with E-state index in [9.17, 15) is 9.59 Å². The van der Waals surface area contributed by atoms with Crippen LogP contribution in [0.1, 0.15) is 68.2 Å². The third-order valence-corrected chi connectivity index (χ3v) is 6.73. The fourth-order valence-corrected chi connectivity index (χ4v) is 4.54. The first kappa shape index (κ1) is 20.2. The molecule has 0 radical (unpaired) electrons. The maximum atomic E-state index is 13.2. The number of anilines is 1. The zero-order valence-corrected chi connectivity index (χ0v) is 18.3. The molecular formula is C25H30N4O2. The Hall–Kier alpha value is -2.76. The van der Waals surface area contributed by atoms with Crippen molar-refractivity contribution in [2.75, 3.05) is 18.0 Å². The van der Waals surface area contributed by atoms with E-state index >= 15 is 0 Å². The van der Waals surface area contributed by atoms with Crippen LogP contribution in [-0.2, 0) is 11.2 Å². The van der Waals surface area contributed by atoms with Crippen LogP contribution in [0.25, 0.3) is 0 Å². The maximum Gasteiger partial charge on any atom is 0.326 e. The third kappa shape index (κ3) is 4.34. The maximum absolute atomic E-state index is 13.2. The Bertz CT molecular complexity index is 979. The van der Waals surface area contributed by atoms with Crippen LogP contribution in [0.15, 0.2) is 36.7 Å². The van der Waals surface area contributed by atoms with Crippen molar-refractivity contribution in [1.29, 1.82) is 0 Å². The first-order chi connectivity index (χ1) is 15.0. The number of aromatic nitrogens is 2. The molecule has 3 fully saturated rings. The highest BCUT2D eigenvalue weighted by molar-refractivity contribution is 5.96. The van der Waals surface area contributed by atoms with Crippen LogP contribution >= 0.6 is 0 Å². The summed E-state index contributed by atoms with van der Waals surface area (Å²) in [7, 11) is 0. The average molecular weight is 419 g/mol. The smallest absolute Gasteiger partial charge is 0.312 e. The molecule has 0 bridgehead atoms. The molecule has 162 valence electrons. The minimum absolute atomic E-state index is 0.00730. The average Bonchev–Trinajstić information content (AvgIpc) is 3.67. The van der Waals surface area contributed by atoms with Crippen molar-refractivity contribution >= 4 is 17.6 Å². The zero-order chi connectivity index (χ0) is 21.5. The van der Waals surface area contributed by atoms with Crippen LogP contribution in [0.4, 0.5) is 10.6 Å². The fraction of sp³-hybridized carbons (Fsp3) is 0.520. The van der Waals surface area contributed by atoms with E-state index in [1.54, 1.807) is 16.0 Å². The zero-order valence-electron chi connectivity index (χ0n) is 18.3. The van der Waals surface area contributed by atoms with Gasteiger partial charge in [0.1, 0.15) is 5.82 Å². The van der Waals surface area contributed by atoms with E-state index < -0.39 is 0 Å². The number of Topliss-reactive ketones (excluding diaryl/α,β-unsaturated/α-hetero) is 1. The monoisotopic (exact) mass is 418 g/mol. The summed E-state index contributed by atoms with van der Waals surface area (Å²) in [5.41, 5.74) is 3.34. The molecule has 3 heterocycles. The van der Waals surface area contributed by atoms with Gasteiger partial charge in [0.25, 0.3) is 0 Å². The van der Waals surface area contributed by atoms with Crippen molar-refractivity contribution in [3.63, 3.8) is 0 Å². The molecule has 3 aliphatic rings. The van der Waals surface area contributed by atoms with Crippen LogP contribution in [0.5, 0.6) is 0 Å². The molecule has 6 heteroatoms. The summed E-state index contributed by atoms with van der Waals surface area (Å²) in [6.45, 7) is 4.88. The van der Waals surface area contributed by atoms with Crippen LogP contribution in [0.2, 0.25) is 0 Å². The number of carbonyl (C=O) groups is 2. The Morgan fingerprint density at radius 3 is 2.45 bits per heavy atom. The molecule has 2 aromatic rings. The summed E-state index contributed by atoms with van der Waals surface area (Å²) in [4.78, 5) is 38.5. The van der Waals surface area contributed by atoms with Crippen molar-refractivity contribution in [1.82, 2.24) is 14.9 Å². The minimum atomic E-state index is -0.126. The first-order valence-corrected chi connectivity index (χ1v) is 11.5. The molecule has 5 rings (SSSR count). The molecule has 1 saturated heterocycles. The number of hydrogen-bond acceptors (Lipinski definition) is 4. The molecule has 31 heavy (non-hydrogen) atoms. The van der Waals surface area contributed by atoms with E-state index in [1.807, 2.05) is 18.3 Å². The molecule has 2 amide bonds. The number of hydrogen-bond donors (Lipinski definition) is 0. The Balaban J connectivity index is 1.28. The summed E-state index contributed by atoms with van der Waals surface area (Å²) in [5, 5.41) is 0. The Kier molecular flexibility index (Phi) is 5.24. The number of urea groups is 1. The minimum Gasteiger partial charge on any atom is -0.312 e. The van der Waals surface area contributed by atoms with Crippen LogP contribution in [0, 0.1) is 5.92 Å². The van der Waals surface area contributed by atoms with Gasteiger partial charge in [-0.3, -0.25) is 14.7 Å². The number of ketones is 1.